The number of carboxylic acid groups (broad SMARTS) is 2. The van der Waals surface area contributed by atoms with Gasteiger partial charge in [0.2, 0.25) is 0 Å². The van der Waals surface area contributed by atoms with Crippen LogP contribution in [0.4, 0.5) is 0 Å². The summed E-state index contributed by atoms with van der Waals surface area (Å²) in [7, 11) is 0. The Bertz CT molecular complexity index is 211. The molecule has 4 atom stereocenters. The van der Waals surface area contributed by atoms with Crippen LogP contribution >= 0.6 is 0 Å². The quantitative estimate of drug-likeness (QED) is 0.351. The number of aliphatic carboxylic acids is 2. The van der Waals surface area contributed by atoms with Gasteiger partial charge in [-0.15, -0.1) is 0 Å². The molecule has 82 valence electrons. The Hall–Kier alpha value is 0.780. The second kappa shape index (κ2) is 9.77. The van der Waals surface area contributed by atoms with E-state index < -0.39 is 36.4 Å². The number of hydrogen-bond donors (Lipinski definition) is 4. The van der Waals surface area contributed by atoms with Gasteiger partial charge in [-0.05, 0) is 0 Å². The average molecular weight is 254 g/mol. The number of hydrogen-bond acceptors (Lipinski definition) is 8. The summed E-state index contributed by atoms with van der Waals surface area (Å²) in [5, 5.41) is 54.7. The maximum Gasteiger partial charge on any atom is 1.00 e. The van der Waals surface area contributed by atoms with Gasteiger partial charge in [-0.3, -0.25) is 0 Å². The first-order valence-electron chi connectivity index (χ1n) is 3.43. The van der Waals surface area contributed by atoms with Gasteiger partial charge in [0.05, 0.1) is 11.9 Å². The van der Waals surface area contributed by atoms with Gasteiger partial charge >= 0.3 is 59.1 Å². The molecular formula is C6H8Na2O8. The Labute approximate surface area is 134 Å². The maximum atomic E-state index is 9.96. The normalized spacial score (nSPS) is 17.0. The van der Waals surface area contributed by atoms with Gasteiger partial charge in [-0.2, -0.15) is 0 Å². The molecule has 0 aliphatic rings. The zero-order chi connectivity index (χ0) is 11.5. The molecule has 0 saturated heterocycles. The number of rotatable bonds is 5. The van der Waals surface area contributed by atoms with Crippen molar-refractivity contribution in [2.24, 2.45) is 0 Å². The third kappa shape index (κ3) is 6.50. The van der Waals surface area contributed by atoms with Crippen molar-refractivity contribution in [3.05, 3.63) is 0 Å². The second-order valence-electron chi connectivity index (χ2n) is 2.51. The van der Waals surface area contributed by atoms with E-state index in [1.54, 1.807) is 0 Å². The minimum Gasteiger partial charge on any atom is -0.547 e. The molecule has 0 aromatic heterocycles. The van der Waals surface area contributed by atoms with Crippen LogP contribution in [0, 0.1) is 0 Å². The minimum atomic E-state index is -2.50. The molecule has 0 aliphatic heterocycles. The Kier molecular flexibility index (Phi) is 13.4. The number of aliphatic hydroxyl groups excluding tert-OH is 4. The van der Waals surface area contributed by atoms with Gasteiger partial charge in [-0.25, -0.2) is 0 Å². The summed E-state index contributed by atoms with van der Waals surface area (Å²) in [6, 6.07) is 0. The van der Waals surface area contributed by atoms with Crippen molar-refractivity contribution >= 4 is 11.9 Å². The molecular weight excluding hydrogens is 246 g/mol. The van der Waals surface area contributed by atoms with Crippen LogP contribution in [-0.2, 0) is 9.59 Å². The van der Waals surface area contributed by atoms with E-state index in [1.807, 2.05) is 0 Å². The monoisotopic (exact) mass is 254 g/mol. The van der Waals surface area contributed by atoms with E-state index in [4.69, 9.17) is 20.4 Å². The van der Waals surface area contributed by atoms with E-state index in [9.17, 15) is 19.8 Å². The van der Waals surface area contributed by atoms with E-state index in [0.29, 0.717) is 0 Å². The molecule has 0 radical (unpaired) electrons. The fourth-order valence-electron chi connectivity index (χ4n) is 0.652. The Morgan fingerprint density at radius 1 is 0.750 bits per heavy atom. The first kappa shape index (κ1) is 22.0. The molecule has 0 bridgehead atoms. The van der Waals surface area contributed by atoms with E-state index >= 15 is 0 Å². The van der Waals surface area contributed by atoms with E-state index in [-0.39, 0.29) is 59.1 Å². The van der Waals surface area contributed by atoms with Crippen LogP contribution in [0.5, 0.6) is 0 Å². The molecule has 0 heterocycles. The van der Waals surface area contributed by atoms with Crippen LogP contribution in [0.15, 0.2) is 0 Å². The zero-order valence-electron chi connectivity index (χ0n) is 8.73. The van der Waals surface area contributed by atoms with Crippen LogP contribution in [0.1, 0.15) is 0 Å². The van der Waals surface area contributed by atoms with Gasteiger partial charge in [0, 0.05) is 0 Å². The molecule has 16 heavy (non-hydrogen) atoms. The van der Waals surface area contributed by atoms with Gasteiger partial charge < -0.3 is 40.2 Å². The van der Waals surface area contributed by atoms with Crippen molar-refractivity contribution in [1.82, 2.24) is 0 Å². The first-order chi connectivity index (χ1) is 6.29. The predicted octanol–water partition coefficient (Wildman–Crippen LogP) is -12.1. The largest absolute Gasteiger partial charge is 1.00 e. The molecule has 0 aromatic rings. The molecule has 8 nitrogen and oxygen atoms in total. The summed E-state index contributed by atoms with van der Waals surface area (Å²) < 4.78 is 0. The van der Waals surface area contributed by atoms with Crippen LogP contribution in [0.3, 0.4) is 0 Å². The van der Waals surface area contributed by atoms with Crippen LogP contribution in [-0.4, -0.2) is 56.8 Å². The predicted molar refractivity (Wildman–Crippen MR) is 34.0 cm³/mol. The summed E-state index contributed by atoms with van der Waals surface area (Å²) in [5.41, 5.74) is 0. The molecule has 0 fully saturated rings. The topological polar surface area (TPSA) is 161 Å². The van der Waals surface area contributed by atoms with E-state index in [0.717, 1.165) is 0 Å². The molecule has 0 rings (SSSR count). The minimum absolute atomic E-state index is 0. The van der Waals surface area contributed by atoms with Crippen molar-refractivity contribution in [2.75, 3.05) is 0 Å². The Morgan fingerprint density at radius 2 is 0.938 bits per heavy atom. The molecule has 0 aliphatic carbocycles. The SMILES string of the molecule is O=C([O-])[C@@H](O)[C@@H](O)[C@H](O)[C@H](O)C(=O)[O-].[Na+].[Na+]. The standard InChI is InChI=1S/C6H10O8.2Na/c7-1(3(9)5(11)12)2(8)4(10)6(13)14;;/h1-4,7-10H,(H,11,12)(H,13,14);;/q;2*+1/p-2/t1-,2-,3-,4-;;/m0../s1. The smallest absolute Gasteiger partial charge is 0.547 e. The van der Waals surface area contributed by atoms with Crippen LogP contribution in [0.2, 0.25) is 0 Å². The Balaban J connectivity index is -0.000000845. The second-order valence-corrected chi connectivity index (χ2v) is 2.51. The third-order valence-corrected chi connectivity index (χ3v) is 1.48. The van der Waals surface area contributed by atoms with Crippen molar-refractivity contribution in [2.45, 2.75) is 24.4 Å². The summed E-state index contributed by atoms with van der Waals surface area (Å²) in [5.74, 6) is -4.22. The van der Waals surface area contributed by atoms with Crippen molar-refractivity contribution in [3.8, 4) is 0 Å². The summed E-state index contributed by atoms with van der Waals surface area (Å²) >= 11 is 0. The zero-order valence-corrected chi connectivity index (χ0v) is 12.7. The average Bonchev–Trinajstić information content (AvgIpc) is 2.12. The fourth-order valence-corrected chi connectivity index (χ4v) is 0.652. The van der Waals surface area contributed by atoms with Gasteiger partial charge in [-0.1, -0.05) is 0 Å². The summed E-state index contributed by atoms with van der Waals surface area (Å²) in [6.45, 7) is 0. The van der Waals surface area contributed by atoms with Crippen LogP contribution in [0.25, 0.3) is 0 Å². The number of aliphatic hydroxyl groups is 4. The number of carbonyl (C=O) groups is 2. The summed E-state index contributed by atoms with van der Waals surface area (Å²) in [6.07, 6.45) is -9.76. The Morgan fingerprint density at radius 3 is 1.06 bits per heavy atom. The molecule has 0 aromatic carbocycles. The van der Waals surface area contributed by atoms with Gasteiger partial charge in [0.15, 0.2) is 0 Å². The van der Waals surface area contributed by atoms with Crippen molar-refractivity contribution in [1.29, 1.82) is 0 Å². The molecule has 10 heteroatoms. The maximum absolute atomic E-state index is 9.96. The number of carbonyl (C=O) groups excluding carboxylic acids is 2. The fraction of sp³-hybridized carbons (Fsp3) is 0.667. The molecule has 0 spiro atoms. The summed E-state index contributed by atoms with van der Waals surface area (Å²) in [4.78, 5) is 19.9. The number of carboxylic acids is 2. The van der Waals surface area contributed by atoms with Gasteiger partial charge in [0.25, 0.3) is 0 Å². The van der Waals surface area contributed by atoms with Crippen molar-refractivity contribution < 1.29 is 99.3 Å². The molecule has 0 saturated carbocycles. The molecule has 0 amide bonds. The third-order valence-electron chi connectivity index (χ3n) is 1.48. The molecule has 4 N–H and O–H groups in total. The van der Waals surface area contributed by atoms with Crippen LogP contribution < -0.4 is 69.3 Å². The van der Waals surface area contributed by atoms with E-state index in [2.05, 4.69) is 0 Å². The van der Waals surface area contributed by atoms with Gasteiger partial charge in [0.1, 0.15) is 24.4 Å². The first-order valence-corrected chi connectivity index (χ1v) is 3.43. The molecule has 0 unspecified atom stereocenters. The van der Waals surface area contributed by atoms with Crippen molar-refractivity contribution in [3.63, 3.8) is 0 Å². The van der Waals surface area contributed by atoms with E-state index in [1.165, 1.54) is 0 Å².